The van der Waals surface area contributed by atoms with Crippen molar-refractivity contribution < 1.29 is 41.1 Å². The Kier molecular flexibility index (Phi) is 9.85. The number of nitrogens with one attached hydrogen (secondary N) is 1. The fraction of sp³-hybridized carbons (Fsp3) is 0.194. The van der Waals surface area contributed by atoms with Crippen molar-refractivity contribution in [2.75, 3.05) is 11.9 Å². The Labute approximate surface area is 254 Å². The number of carbonyl (C=O) groups excluding carboxylic acids is 2. The maximum atomic E-state index is 13.7. The number of hydrogen-bond acceptors (Lipinski definition) is 5. The molecule has 1 aliphatic heterocycles. The highest BCUT2D eigenvalue weighted by Gasteiger charge is 2.40. The quantitative estimate of drug-likeness (QED) is 0.217. The zero-order chi connectivity index (χ0) is 32.1. The Balaban J connectivity index is 0.000000233. The predicted molar refractivity (Wildman–Crippen MR) is 152 cm³/mol. The van der Waals surface area contributed by atoms with E-state index in [-0.39, 0.29) is 28.8 Å². The van der Waals surface area contributed by atoms with Gasteiger partial charge in [-0.25, -0.2) is 18.8 Å². The number of nitrogens with zero attached hydrogens (tertiary/aromatic N) is 2. The highest BCUT2D eigenvalue weighted by atomic mass is 35.5. The van der Waals surface area contributed by atoms with Gasteiger partial charge in [-0.15, -0.1) is 0 Å². The maximum absolute atomic E-state index is 13.7. The van der Waals surface area contributed by atoms with E-state index in [0.29, 0.717) is 24.2 Å². The first-order chi connectivity index (χ1) is 20.7. The van der Waals surface area contributed by atoms with Crippen LogP contribution in [0.2, 0.25) is 5.02 Å². The van der Waals surface area contributed by atoms with Crippen LogP contribution in [-0.2, 0) is 22.4 Å². The number of ether oxygens (including phenoxy) is 1. The Hall–Kier alpha value is -4.55. The van der Waals surface area contributed by atoms with E-state index in [2.05, 4.69) is 10.3 Å². The summed E-state index contributed by atoms with van der Waals surface area (Å²) >= 11 is 6.03. The molecule has 4 aromatic rings. The molecule has 1 fully saturated rings. The van der Waals surface area contributed by atoms with Crippen LogP contribution < -0.4 is 10.1 Å². The number of amides is 2. The molecule has 0 unspecified atom stereocenters. The van der Waals surface area contributed by atoms with Gasteiger partial charge in [-0.05, 0) is 67.9 Å². The minimum Gasteiger partial charge on any atom is -0.438 e. The lowest BCUT2D eigenvalue weighted by atomic mass is 9.95. The number of hydroxylamine groups is 2. The van der Waals surface area contributed by atoms with Crippen LogP contribution in [0.4, 0.5) is 27.6 Å². The van der Waals surface area contributed by atoms with Crippen molar-refractivity contribution in [2.24, 2.45) is 5.41 Å². The average molecular weight is 634 g/mol. The van der Waals surface area contributed by atoms with E-state index in [1.165, 1.54) is 29.5 Å². The first-order valence-electron chi connectivity index (χ1n) is 13.0. The summed E-state index contributed by atoms with van der Waals surface area (Å²) in [5.74, 6) is -3.09. The molecule has 0 aliphatic carbocycles. The molecule has 3 aromatic carbocycles. The van der Waals surface area contributed by atoms with Gasteiger partial charge in [0.15, 0.2) is 0 Å². The summed E-state index contributed by atoms with van der Waals surface area (Å²) in [6, 6.07) is 16.8. The molecular formula is C31H25ClF5N3O4. The summed E-state index contributed by atoms with van der Waals surface area (Å²) in [6.45, 7) is 4.59. The molecule has 230 valence electrons. The van der Waals surface area contributed by atoms with Crippen molar-refractivity contribution in [2.45, 2.75) is 26.6 Å². The van der Waals surface area contributed by atoms with Gasteiger partial charge >= 0.3 is 6.18 Å². The van der Waals surface area contributed by atoms with E-state index in [0.717, 1.165) is 35.9 Å². The number of alkyl halides is 3. The molecule has 13 heteroatoms. The minimum atomic E-state index is -4.57. The van der Waals surface area contributed by atoms with Gasteiger partial charge in [-0.1, -0.05) is 35.9 Å². The van der Waals surface area contributed by atoms with Crippen molar-refractivity contribution in [3.05, 3.63) is 118 Å². The lowest BCUT2D eigenvalue weighted by Gasteiger charge is -2.16. The normalized spacial score (nSPS) is 14.1. The molecule has 0 saturated carbocycles. The highest BCUT2D eigenvalue weighted by Crippen LogP contribution is 2.33. The molecule has 5 rings (SSSR count). The van der Waals surface area contributed by atoms with Crippen LogP contribution in [0.1, 0.15) is 35.3 Å². The lowest BCUT2D eigenvalue weighted by molar-refractivity contribution is -0.165. The highest BCUT2D eigenvalue weighted by molar-refractivity contribution is 6.31. The number of pyridine rings is 1. The Morgan fingerprint density at radius 2 is 1.80 bits per heavy atom. The third-order valence-electron chi connectivity index (χ3n) is 6.23. The molecule has 7 nitrogen and oxygen atoms in total. The molecule has 1 aromatic heterocycles. The SMILES string of the molecule is CC1(C)CON(Cc2ccccc2Cl)C1=O.O=C(Nc1ccc(F)cc1F)c1cccnc1Oc1cccc(C(F)(F)F)c1. The van der Waals surface area contributed by atoms with Crippen LogP contribution in [0.3, 0.4) is 0 Å². The summed E-state index contributed by atoms with van der Waals surface area (Å²) in [6.07, 6.45) is -3.29. The topological polar surface area (TPSA) is 80.8 Å². The van der Waals surface area contributed by atoms with Crippen LogP contribution in [0, 0.1) is 17.0 Å². The first kappa shape index (κ1) is 32.4. The first-order valence-corrected chi connectivity index (χ1v) is 13.4. The molecule has 0 bridgehead atoms. The van der Waals surface area contributed by atoms with Crippen molar-refractivity contribution >= 4 is 29.1 Å². The second kappa shape index (κ2) is 13.4. The summed E-state index contributed by atoms with van der Waals surface area (Å²) in [4.78, 5) is 33.5. The molecule has 2 heterocycles. The lowest BCUT2D eigenvalue weighted by Crippen LogP contribution is -2.30. The van der Waals surface area contributed by atoms with Crippen LogP contribution in [-0.4, -0.2) is 28.5 Å². The molecule has 1 N–H and O–H groups in total. The number of anilines is 1. The van der Waals surface area contributed by atoms with Gasteiger partial charge in [-0.2, -0.15) is 13.2 Å². The average Bonchev–Trinajstić information content (AvgIpc) is 3.23. The summed E-state index contributed by atoms with van der Waals surface area (Å²) in [7, 11) is 0. The number of aromatic nitrogens is 1. The van der Waals surface area contributed by atoms with E-state index in [4.69, 9.17) is 21.2 Å². The van der Waals surface area contributed by atoms with Crippen LogP contribution in [0.15, 0.2) is 85.1 Å². The molecule has 0 atom stereocenters. The van der Waals surface area contributed by atoms with Gasteiger partial charge in [-0.3, -0.25) is 14.4 Å². The predicted octanol–water partition coefficient (Wildman–Crippen LogP) is 8.06. The molecule has 0 spiro atoms. The van der Waals surface area contributed by atoms with E-state index < -0.39 is 34.7 Å². The van der Waals surface area contributed by atoms with Crippen molar-refractivity contribution in [1.29, 1.82) is 0 Å². The molecule has 0 radical (unpaired) electrons. The van der Waals surface area contributed by atoms with Gasteiger partial charge in [0.2, 0.25) is 5.88 Å². The minimum absolute atomic E-state index is 0.00687. The summed E-state index contributed by atoms with van der Waals surface area (Å²) in [5.41, 5.74) is -0.888. The zero-order valence-electron chi connectivity index (χ0n) is 23.3. The smallest absolute Gasteiger partial charge is 0.416 e. The Bertz CT molecular complexity index is 1670. The fourth-order valence-corrected chi connectivity index (χ4v) is 4.06. The molecule has 1 saturated heterocycles. The maximum Gasteiger partial charge on any atom is 0.416 e. The summed E-state index contributed by atoms with van der Waals surface area (Å²) in [5, 5.41) is 4.28. The number of rotatable bonds is 6. The van der Waals surface area contributed by atoms with Crippen molar-refractivity contribution in [3.8, 4) is 11.6 Å². The third-order valence-corrected chi connectivity index (χ3v) is 6.60. The number of carbonyl (C=O) groups is 2. The van der Waals surface area contributed by atoms with E-state index >= 15 is 0 Å². The van der Waals surface area contributed by atoms with Crippen molar-refractivity contribution in [3.63, 3.8) is 0 Å². The number of halogens is 6. The molecular weight excluding hydrogens is 609 g/mol. The van der Waals surface area contributed by atoms with Gasteiger partial charge in [0.05, 0.1) is 29.8 Å². The number of hydrogen-bond donors (Lipinski definition) is 1. The van der Waals surface area contributed by atoms with E-state index in [9.17, 15) is 31.5 Å². The van der Waals surface area contributed by atoms with Crippen LogP contribution in [0.5, 0.6) is 11.6 Å². The Morgan fingerprint density at radius 3 is 2.45 bits per heavy atom. The fourth-order valence-electron chi connectivity index (χ4n) is 3.87. The number of benzene rings is 3. The van der Waals surface area contributed by atoms with Gasteiger partial charge in [0.25, 0.3) is 11.8 Å². The van der Waals surface area contributed by atoms with Crippen LogP contribution in [0.25, 0.3) is 0 Å². The van der Waals surface area contributed by atoms with Crippen molar-refractivity contribution in [1.82, 2.24) is 10.0 Å². The Morgan fingerprint density at radius 1 is 1.05 bits per heavy atom. The molecule has 44 heavy (non-hydrogen) atoms. The largest absolute Gasteiger partial charge is 0.438 e. The monoisotopic (exact) mass is 633 g/mol. The zero-order valence-corrected chi connectivity index (χ0v) is 24.0. The van der Waals surface area contributed by atoms with E-state index in [1.54, 1.807) is 0 Å². The molecule has 1 aliphatic rings. The third kappa shape index (κ3) is 8.08. The molecule has 2 amide bonds. The van der Waals surface area contributed by atoms with Gasteiger partial charge < -0.3 is 10.1 Å². The standard InChI is InChI=1S/C19H11F5N2O2.C12H14ClNO2/c20-12-6-7-16(15(21)10-12)26-17(27)14-5-2-8-25-18(14)28-13-4-1-3-11(9-13)19(22,23)24;1-12(2)8-16-14(11(12)15)7-9-5-3-4-6-10(9)13/h1-10H,(H,26,27);3-6H,7-8H2,1-2H3. The second-order valence-corrected chi connectivity index (χ2v) is 10.6. The van der Waals surface area contributed by atoms with Gasteiger partial charge in [0, 0.05) is 17.3 Å². The summed E-state index contributed by atoms with van der Waals surface area (Å²) < 4.78 is 70.5. The van der Waals surface area contributed by atoms with E-state index in [1.807, 2.05) is 38.1 Å². The van der Waals surface area contributed by atoms with Gasteiger partial charge in [0.1, 0.15) is 22.9 Å². The van der Waals surface area contributed by atoms with Crippen LogP contribution >= 0.6 is 11.6 Å². The second-order valence-electron chi connectivity index (χ2n) is 10.2.